The second-order valence-corrected chi connectivity index (χ2v) is 7.24. The lowest BCUT2D eigenvalue weighted by molar-refractivity contribution is 0.0737. The third kappa shape index (κ3) is 4.61. The number of nitrogens with one attached hydrogen (secondary N) is 1. The predicted octanol–water partition coefficient (Wildman–Crippen LogP) is 2.87. The van der Waals surface area contributed by atoms with Gasteiger partial charge in [0.05, 0.1) is 5.69 Å². The average Bonchev–Trinajstić information content (AvgIpc) is 2.98. The minimum absolute atomic E-state index is 0.0465. The van der Waals surface area contributed by atoms with E-state index in [9.17, 15) is 9.59 Å². The lowest BCUT2D eigenvalue weighted by atomic mass is 10.1. The summed E-state index contributed by atoms with van der Waals surface area (Å²) in [4.78, 5) is 32.0. The van der Waals surface area contributed by atoms with Gasteiger partial charge < -0.3 is 14.8 Å². The topological polar surface area (TPSA) is 67.2 Å². The number of amides is 2. The van der Waals surface area contributed by atoms with Gasteiger partial charge in [-0.1, -0.05) is 27.7 Å². The molecule has 140 valence electrons. The highest BCUT2D eigenvalue weighted by molar-refractivity contribution is 5.97. The molecule has 0 fully saturated rings. The normalized spacial score (nSPS) is 13.6. The summed E-state index contributed by atoms with van der Waals surface area (Å²) in [6.45, 7) is 11.1. The summed E-state index contributed by atoms with van der Waals surface area (Å²) in [5, 5.41) is 2.94. The van der Waals surface area contributed by atoms with Gasteiger partial charge in [0.15, 0.2) is 5.82 Å². The van der Waals surface area contributed by atoms with Crippen molar-refractivity contribution in [2.75, 3.05) is 19.6 Å². The van der Waals surface area contributed by atoms with Gasteiger partial charge in [-0.2, -0.15) is 0 Å². The quantitative estimate of drug-likeness (QED) is 0.785. The van der Waals surface area contributed by atoms with Crippen LogP contribution in [-0.4, -0.2) is 45.9 Å². The first-order valence-corrected chi connectivity index (χ1v) is 9.66. The van der Waals surface area contributed by atoms with Gasteiger partial charge in [-0.3, -0.25) is 9.59 Å². The second-order valence-electron chi connectivity index (χ2n) is 7.24. The molecule has 2 heterocycles. The van der Waals surface area contributed by atoms with Gasteiger partial charge in [-0.05, 0) is 38.0 Å². The van der Waals surface area contributed by atoms with Crippen molar-refractivity contribution in [2.24, 2.45) is 5.92 Å². The van der Waals surface area contributed by atoms with Gasteiger partial charge in [0.25, 0.3) is 11.8 Å². The molecule has 0 saturated carbocycles. The van der Waals surface area contributed by atoms with Crippen LogP contribution >= 0.6 is 0 Å². The Morgan fingerprint density at radius 1 is 1.20 bits per heavy atom. The van der Waals surface area contributed by atoms with Crippen molar-refractivity contribution in [3.8, 4) is 0 Å². The van der Waals surface area contributed by atoms with Gasteiger partial charge in [0, 0.05) is 26.2 Å². The van der Waals surface area contributed by atoms with Crippen LogP contribution in [0.15, 0.2) is 0 Å². The number of rotatable bonds is 8. The molecule has 0 unspecified atom stereocenters. The maximum Gasteiger partial charge on any atom is 0.289 e. The molecule has 25 heavy (non-hydrogen) atoms. The molecule has 2 amide bonds. The molecule has 1 aliphatic rings. The molecule has 1 N–H and O–H groups in total. The first-order valence-electron chi connectivity index (χ1n) is 9.66. The molecule has 1 aliphatic heterocycles. The molecule has 1 aromatic heterocycles. The van der Waals surface area contributed by atoms with Crippen LogP contribution in [0.25, 0.3) is 0 Å². The molecule has 0 aliphatic carbocycles. The second kappa shape index (κ2) is 9.02. The van der Waals surface area contributed by atoms with Crippen LogP contribution in [0.1, 0.15) is 80.2 Å². The maximum absolute atomic E-state index is 13.0. The third-order valence-corrected chi connectivity index (χ3v) is 4.47. The van der Waals surface area contributed by atoms with Gasteiger partial charge in [0.1, 0.15) is 5.69 Å². The molecule has 0 saturated heterocycles. The van der Waals surface area contributed by atoms with Crippen molar-refractivity contribution in [3.63, 3.8) is 0 Å². The molecule has 2 rings (SSSR count). The molecule has 0 radical (unpaired) electrons. The largest absolute Gasteiger partial charge is 0.350 e. The number of fused-ring (bicyclic) bond motifs is 1. The number of nitrogens with zero attached hydrogens (tertiary/aromatic N) is 3. The monoisotopic (exact) mass is 348 g/mol. The SMILES string of the molecule is CCCN(CCC)C(=O)c1nc(C(=O)NCC(C)C)c2n1CCCC2. The first-order chi connectivity index (χ1) is 12.0. The lowest BCUT2D eigenvalue weighted by Gasteiger charge is -2.23. The highest BCUT2D eigenvalue weighted by atomic mass is 16.2. The summed E-state index contributed by atoms with van der Waals surface area (Å²) in [6, 6.07) is 0. The summed E-state index contributed by atoms with van der Waals surface area (Å²) >= 11 is 0. The Bertz CT molecular complexity index is 601. The number of hydrogen-bond acceptors (Lipinski definition) is 3. The van der Waals surface area contributed by atoms with Gasteiger partial charge >= 0.3 is 0 Å². The zero-order valence-corrected chi connectivity index (χ0v) is 16.1. The Hall–Kier alpha value is -1.85. The number of hydrogen-bond donors (Lipinski definition) is 1. The summed E-state index contributed by atoms with van der Waals surface area (Å²) < 4.78 is 1.98. The number of aromatic nitrogens is 2. The van der Waals surface area contributed by atoms with E-state index in [1.807, 2.05) is 9.47 Å². The number of imidazole rings is 1. The van der Waals surface area contributed by atoms with E-state index in [0.717, 1.165) is 57.4 Å². The van der Waals surface area contributed by atoms with Crippen LogP contribution in [0.3, 0.4) is 0 Å². The summed E-state index contributed by atoms with van der Waals surface area (Å²) in [7, 11) is 0. The Morgan fingerprint density at radius 3 is 2.48 bits per heavy atom. The maximum atomic E-state index is 13.0. The van der Waals surface area contributed by atoms with Crippen molar-refractivity contribution in [1.29, 1.82) is 0 Å². The molecular formula is C19H32N4O2. The van der Waals surface area contributed by atoms with Crippen LogP contribution in [-0.2, 0) is 13.0 Å². The Balaban J connectivity index is 2.32. The Labute approximate surface area is 151 Å². The minimum Gasteiger partial charge on any atom is -0.350 e. The highest BCUT2D eigenvalue weighted by Crippen LogP contribution is 2.22. The zero-order chi connectivity index (χ0) is 18.4. The molecule has 0 spiro atoms. The van der Waals surface area contributed by atoms with E-state index >= 15 is 0 Å². The molecule has 1 aromatic rings. The molecule has 0 aromatic carbocycles. The van der Waals surface area contributed by atoms with Gasteiger partial charge in [-0.15, -0.1) is 0 Å². The molecule has 0 atom stereocenters. The smallest absolute Gasteiger partial charge is 0.289 e. The van der Waals surface area contributed by atoms with Crippen LogP contribution in [0.5, 0.6) is 0 Å². The van der Waals surface area contributed by atoms with Crippen LogP contribution in [0.4, 0.5) is 0 Å². The van der Waals surface area contributed by atoms with E-state index in [0.29, 0.717) is 24.0 Å². The fraction of sp³-hybridized carbons (Fsp3) is 0.737. The number of carbonyl (C=O) groups excluding carboxylic acids is 2. The lowest BCUT2D eigenvalue weighted by Crippen LogP contribution is -2.35. The van der Waals surface area contributed by atoms with Crippen LogP contribution in [0.2, 0.25) is 0 Å². The van der Waals surface area contributed by atoms with Crippen LogP contribution < -0.4 is 5.32 Å². The Kier molecular flexibility index (Phi) is 7.02. The van der Waals surface area contributed by atoms with Crippen LogP contribution in [0, 0.1) is 5.92 Å². The number of carbonyl (C=O) groups is 2. The van der Waals surface area contributed by atoms with E-state index in [4.69, 9.17) is 0 Å². The molecular weight excluding hydrogens is 316 g/mol. The molecule has 6 heteroatoms. The molecule has 0 bridgehead atoms. The van der Waals surface area contributed by atoms with Crippen molar-refractivity contribution < 1.29 is 9.59 Å². The minimum atomic E-state index is -0.157. The van der Waals surface area contributed by atoms with Crippen molar-refractivity contribution in [2.45, 2.75) is 66.3 Å². The molecule has 6 nitrogen and oxygen atoms in total. The van der Waals surface area contributed by atoms with Crippen molar-refractivity contribution in [3.05, 3.63) is 17.2 Å². The first kappa shape index (κ1) is 19.5. The van der Waals surface area contributed by atoms with Crippen molar-refractivity contribution >= 4 is 11.8 Å². The summed E-state index contributed by atoms with van der Waals surface area (Å²) in [5.41, 5.74) is 1.36. The van der Waals surface area contributed by atoms with E-state index in [1.54, 1.807) is 0 Å². The van der Waals surface area contributed by atoms with Gasteiger partial charge in [-0.25, -0.2) is 4.98 Å². The van der Waals surface area contributed by atoms with Gasteiger partial charge in [0.2, 0.25) is 0 Å². The van der Waals surface area contributed by atoms with E-state index in [1.165, 1.54) is 0 Å². The highest BCUT2D eigenvalue weighted by Gasteiger charge is 2.29. The standard InChI is InChI=1S/C19H32N4O2/c1-5-10-22(11-6-2)19(25)17-21-16(18(24)20-13-14(3)4)15-9-7-8-12-23(15)17/h14H,5-13H2,1-4H3,(H,20,24). The van der Waals surface area contributed by atoms with E-state index < -0.39 is 0 Å². The van der Waals surface area contributed by atoms with Crippen molar-refractivity contribution in [1.82, 2.24) is 19.8 Å². The van der Waals surface area contributed by atoms with E-state index in [-0.39, 0.29) is 11.8 Å². The summed E-state index contributed by atoms with van der Waals surface area (Å²) in [6.07, 6.45) is 4.71. The zero-order valence-electron chi connectivity index (χ0n) is 16.1. The fourth-order valence-corrected chi connectivity index (χ4v) is 3.26. The average molecular weight is 348 g/mol. The third-order valence-electron chi connectivity index (χ3n) is 4.47. The predicted molar refractivity (Wildman–Crippen MR) is 98.8 cm³/mol. The Morgan fingerprint density at radius 2 is 1.88 bits per heavy atom. The summed E-state index contributed by atoms with van der Waals surface area (Å²) in [5.74, 6) is 0.616. The van der Waals surface area contributed by atoms with E-state index in [2.05, 4.69) is 38.0 Å². The fourth-order valence-electron chi connectivity index (χ4n) is 3.26.